The Morgan fingerprint density at radius 1 is 0.879 bits per heavy atom. The standard InChI is InChI=1S/C26H20N2O5/c1-32-21-13-8-19(9-14-21)26(31)33-24-15-10-17-4-2-3-5-22(17)23(24)16-27-28-25(30)18-6-11-20(29)12-7-18/h2-16,29H,1H3,(H,28,30). The van der Waals surface area contributed by atoms with Crippen molar-refractivity contribution < 1.29 is 24.2 Å². The second-order valence-corrected chi connectivity index (χ2v) is 7.06. The number of nitrogens with one attached hydrogen (secondary N) is 1. The van der Waals surface area contributed by atoms with E-state index in [4.69, 9.17) is 9.47 Å². The second-order valence-electron chi connectivity index (χ2n) is 7.06. The number of hydrogen-bond donors (Lipinski definition) is 2. The van der Waals surface area contributed by atoms with Crippen molar-refractivity contribution in [1.29, 1.82) is 0 Å². The van der Waals surface area contributed by atoms with E-state index in [1.165, 1.54) is 30.5 Å². The van der Waals surface area contributed by atoms with Gasteiger partial charge in [-0.2, -0.15) is 5.10 Å². The number of methoxy groups -OCH3 is 1. The molecule has 4 aromatic carbocycles. The van der Waals surface area contributed by atoms with Crippen LogP contribution in [0.15, 0.2) is 90.0 Å². The van der Waals surface area contributed by atoms with E-state index in [1.807, 2.05) is 30.3 Å². The summed E-state index contributed by atoms with van der Waals surface area (Å²) in [5.41, 5.74) is 3.70. The van der Waals surface area contributed by atoms with Crippen molar-refractivity contribution in [3.05, 3.63) is 102 Å². The molecule has 7 nitrogen and oxygen atoms in total. The molecular formula is C26H20N2O5. The van der Waals surface area contributed by atoms with E-state index in [0.29, 0.717) is 28.2 Å². The first-order valence-corrected chi connectivity index (χ1v) is 10.1. The van der Waals surface area contributed by atoms with Gasteiger partial charge in [-0.1, -0.05) is 30.3 Å². The largest absolute Gasteiger partial charge is 0.508 e. The number of amides is 1. The molecule has 0 radical (unpaired) electrons. The number of hydrogen-bond acceptors (Lipinski definition) is 6. The highest BCUT2D eigenvalue weighted by molar-refractivity contribution is 6.04. The van der Waals surface area contributed by atoms with Gasteiger partial charge in [0.05, 0.1) is 18.9 Å². The highest BCUT2D eigenvalue weighted by atomic mass is 16.5. The van der Waals surface area contributed by atoms with E-state index in [1.54, 1.807) is 37.4 Å². The van der Waals surface area contributed by atoms with Crippen LogP contribution >= 0.6 is 0 Å². The number of nitrogens with zero attached hydrogens (tertiary/aromatic N) is 1. The molecule has 7 heteroatoms. The molecule has 4 aromatic rings. The summed E-state index contributed by atoms with van der Waals surface area (Å²) < 4.78 is 10.8. The molecule has 0 saturated heterocycles. The Hall–Kier alpha value is -4.65. The van der Waals surface area contributed by atoms with Gasteiger partial charge in [-0.25, -0.2) is 10.2 Å². The van der Waals surface area contributed by atoms with Crippen LogP contribution in [0.1, 0.15) is 26.3 Å². The number of fused-ring (bicyclic) bond motifs is 1. The fraction of sp³-hybridized carbons (Fsp3) is 0.0385. The quantitative estimate of drug-likeness (QED) is 0.199. The smallest absolute Gasteiger partial charge is 0.343 e. The number of phenols is 1. The van der Waals surface area contributed by atoms with Crippen LogP contribution in [0.25, 0.3) is 10.8 Å². The van der Waals surface area contributed by atoms with E-state index in [2.05, 4.69) is 10.5 Å². The lowest BCUT2D eigenvalue weighted by molar-refractivity contribution is 0.0734. The Morgan fingerprint density at radius 3 is 2.30 bits per heavy atom. The van der Waals surface area contributed by atoms with Gasteiger partial charge in [0.25, 0.3) is 5.91 Å². The molecule has 0 aliphatic rings. The number of carbonyl (C=O) groups excluding carboxylic acids is 2. The molecule has 33 heavy (non-hydrogen) atoms. The first kappa shape index (κ1) is 21.6. The number of hydrazone groups is 1. The third-order valence-electron chi connectivity index (χ3n) is 4.95. The molecule has 2 N–H and O–H groups in total. The number of esters is 1. The average molecular weight is 440 g/mol. The number of benzene rings is 4. The number of phenolic OH excluding ortho intramolecular Hbond substituents is 1. The molecule has 1 amide bonds. The lowest BCUT2D eigenvalue weighted by Crippen LogP contribution is -2.17. The maximum atomic E-state index is 12.7. The third-order valence-corrected chi connectivity index (χ3v) is 4.95. The summed E-state index contributed by atoms with van der Waals surface area (Å²) in [6.45, 7) is 0. The lowest BCUT2D eigenvalue weighted by atomic mass is 10.0. The lowest BCUT2D eigenvalue weighted by Gasteiger charge is -2.11. The molecule has 0 atom stereocenters. The zero-order valence-electron chi connectivity index (χ0n) is 17.7. The van der Waals surface area contributed by atoms with Crippen molar-refractivity contribution in [2.75, 3.05) is 7.11 Å². The Balaban J connectivity index is 1.60. The molecule has 0 heterocycles. The molecule has 0 aliphatic heterocycles. The van der Waals surface area contributed by atoms with E-state index in [0.717, 1.165) is 10.8 Å². The van der Waals surface area contributed by atoms with E-state index >= 15 is 0 Å². The van der Waals surface area contributed by atoms with Gasteiger partial charge in [-0.05, 0) is 65.4 Å². The van der Waals surface area contributed by atoms with Crippen LogP contribution in [0.5, 0.6) is 17.2 Å². The van der Waals surface area contributed by atoms with Gasteiger partial charge >= 0.3 is 5.97 Å². The van der Waals surface area contributed by atoms with E-state index in [9.17, 15) is 14.7 Å². The summed E-state index contributed by atoms with van der Waals surface area (Å²) in [7, 11) is 1.55. The minimum Gasteiger partial charge on any atom is -0.508 e. The zero-order valence-corrected chi connectivity index (χ0v) is 17.7. The highest BCUT2D eigenvalue weighted by Gasteiger charge is 2.14. The summed E-state index contributed by atoms with van der Waals surface area (Å²) in [5, 5.41) is 15.2. The fourth-order valence-corrected chi connectivity index (χ4v) is 3.22. The Bertz CT molecular complexity index is 1330. The van der Waals surface area contributed by atoms with Crippen LogP contribution in [-0.2, 0) is 0 Å². The van der Waals surface area contributed by atoms with Gasteiger partial charge in [0.15, 0.2) is 0 Å². The van der Waals surface area contributed by atoms with Crippen LogP contribution in [0.4, 0.5) is 0 Å². The number of carbonyl (C=O) groups is 2. The third kappa shape index (κ3) is 4.99. The van der Waals surface area contributed by atoms with Crippen molar-refractivity contribution in [3.63, 3.8) is 0 Å². The van der Waals surface area contributed by atoms with Gasteiger partial charge < -0.3 is 14.6 Å². The monoisotopic (exact) mass is 440 g/mol. The summed E-state index contributed by atoms with van der Waals surface area (Å²) >= 11 is 0. The molecule has 0 saturated carbocycles. The molecule has 0 aromatic heterocycles. The Labute approximate surface area is 189 Å². The van der Waals surface area contributed by atoms with Crippen LogP contribution < -0.4 is 14.9 Å². The predicted octanol–water partition coefficient (Wildman–Crippen LogP) is 4.54. The van der Waals surface area contributed by atoms with Crippen molar-refractivity contribution >= 4 is 28.9 Å². The number of ether oxygens (including phenoxy) is 2. The van der Waals surface area contributed by atoms with Gasteiger partial charge in [-0.3, -0.25) is 4.79 Å². The van der Waals surface area contributed by atoms with Gasteiger partial charge in [-0.15, -0.1) is 0 Å². The topological polar surface area (TPSA) is 97.2 Å². The minimum atomic E-state index is -0.532. The summed E-state index contributed by atoms with van der Waals surface area (Å²) in [4.78, 5) is 25.0. The minimum absolute atomic E-state index is 0.0640. The zero-order chi connectivity index (χ0) is 23.2. The molecule has 0 aliphatic carbocycles. The van der Waals surface area contributed by atoms with Crippen molar-refractivity contribution in [2.24, 2.45) is 5.10 Å². The van der Waals surface area contributed by atoms with Crippen LogP contribution in [0.3, 0.4) is 0 Å². The summed E-state index contributed by atoms with van der Waals surface area (Å²) in [6.07, 6.45) is 1.44. The molecule has 164 valence electrons. The Kier molecular flexibility index (Phi) is 6.31. The first-order valence-electron chi connectivity index (χ1n) is 10.1. The maximum Gasteiger partial charge on any atom is 0.343 e. The van der Waals surface area contributed by atoms with E-state index in [-0.39, 0.29) is 5.75 Å². The second kappa shape index (κ2) is 9.65. The van der Waals surface area contributed by atoms with Gasteiger partial charge in [0.1, 0.15) is 17.2 Å². The normalized spacial score (nSPS) is 10.8. The van der Waals surface area contributed by atoms with Gasteiger partial charge in [0, 0.05) is 11.1 Å². The van der Waals surface area contributed by atoms with Crippen molar-refractivity contribution in [3.8, 4) is 17.2 Å². The molecule has 0 fully saturated rings. The van der Waals surface area contributed by atoms with Crippen LogP contribution in [0, 0.1) is 0 Å². The summed E-state index contributed by atoms with van der Waals surface area (Å²) in [6, 6.07) is 23.5. The van der Waals surface area contributed by atoms with Crippen LogP contribution in [-0.4, -0.2) is 30.3 Å². The summed E-state index contributed by atoms with van der Waals surface area (Å²) in [5.74, 6) is 0.0275. The molecular weight excluding hydrogens is 420 g/mol. The number of aromatic hydroxyl groups is 1. The van der Waals surface area contributed by atoms with Gasteiger partial charge in [0.2, 0.25) is 0 Å². The van der Waals surface area contributed by atoms with Crippen molar-refractivity contribution in [2.45, 2.75) is 0 Å². The van der Waals surface area contributed by atoms with Crippen molar-refractivity contribution in [1.82, 2.24) is 5.43 Å². The number of rotatable bonds is 6. The molecule has 0 unspecified atom stereocenters. The fourth-order valence-electron chi connectivity index (χ4n) is 3.22. The maximum absolute atomic E-state index is 12.7. The molecule has 0 bridgehead atoms. The highest BCUT2D eigenvalue weighted by Crippen LogP contribution is 2.27. The Morgan fingerprint density at radius 2 is 1.58 bits per heavy atom. The first-order chi connectivity index (χ1) is 16.0. The molecule has 4 rings (SSSR count). The van der Waals surface area contributed by atoms with Crippen LogP contribution in [0.2, 0.25) is 0 Å². The SMILES string of the molecule is COc1ccc(C(=O)Oc2ccc3ccccc3c2C=NNC(=O)c2ccc(O)cc2)cc1. The predicted molar refractivity (Wildman–Crippen MR) is 125 cm³/mol. The molecule has 0 spiro atoms. The average Bonchev–Trinajstić information content (AvgIpc) is 2.85. The van der Waals surface area contributed by atoms with E-state index < -0.39 is 11.9 Å².